The zero-order valence-corrected chi connectivity index (χ0v) is 42.7. The van der Waals surface area contributed by atoms with Crippen molar-refractivity contribution in [2.75, 3.05) is 33.0 Å². The van der Waals surface area contributed by atoms with E-state index < -0.39 is 155 Å². The van der Waals surface area contributed by atoms with Gasteiger partial charge in [0.15, 0.2) is 30.9 Å². The third-order valence-corrected chi connectivity index (χ3v) is 20.4. The average Bonchev–Trinajstić information content (AvgIpc) is 3.84. The second-order valence-electron chi connectivity index (χ2n) is 24.3. The van der Waals surface area contributed by atoms with Gasteiger partial charge in [-0.15, -0.1) is 0 Å². The normalized spacial score (nSPS) is 57.6. The van der Waals surface area contributed by atoms with E-state index in [0.717, 1.165) is 58.0 Å². The third kappa shape index (κ3) is 9.56. The summed E-state index contributed by atoms with van der Waals surface area (Å²) >= 11 is 0. The van der Waals surface area contributed by atoms with E-state index in [1.165, 1.54) is 0 Å². The number of hydrogen-bond donors (Lipinski definition) is 13. The first kappa shape index (κ1) is 56.4. The molecule has 4 aliphatic carbocycles. The van der Waals surface area contributed by atoms with Gasteiger partial charge in [-0.05, 0) is 104 Å². The predicted molar refractivity (Wildman–Crippen MR) is 248 cm³/mol. The molecule has 6 saturated heterocycles. The van der Waals surface area contributed by atoms with Crippen LogP contribution in [0, 0.1) is 52.3 Å². The van der Waals surface area contributed by atoms with Gasteiger partial charge in [-0.1, -0.05) is 27.7 Å². The van der Waals surface area contributed by atoms with E-state index in [4.69, 9.17) is 47.4 Å². The van der Waals surface area contributed by atoms with Gasteiger partial charge < -0.3 is 114 Å². The predicted octanol–water partition coefficient (Wildman–Crippen LogP) is -2.91. The molecule has 0 aromatic rings. The first-order valence-electron chi connectivity index (χ1n) is 27.3. The zero-order valence-electron chi connectivity index (χ0n) is 42.7. The summed E-state index contributed by atoms with van der Waals surface area (Å²) in [5.41, 5.74) is 0.270. The van der Waals surface area contributed by atoms with Crippen molar-refractivity contribution >= 4 is 0 Å². The molecule has 6 aliphatic heterocycles. The molecule has 10 aliphatic rings. The zero-order chi connectivity index (χ0) is 52.9. The molecule has 0 aromatic carbocycles. The van der Waals surface area contributed by atoms with Gasteiger partial charge in [-0.25, -0.2) is 0 Å². The Morgan fingerprint density at radius 2 is 1.01 bits per heavy atom. The highest BCUT2D eigenvalue weighted by molar-refractivity contribution is 5.15. The fraction of sp³-hybridized carbons (Fsp3) is 1.00. The summed E-state index contributed by atoms with van der Waals surface area (Å²) in [6, 6.07) is 0. The maximum Gasteiger partial charge on any atom is 0.187 e. The molecule has 0 radical (unpaired) electrons. The number of ether oxygens (including phenoxy) is 10. The minimum atomic E-state index is -2.03. The third-order valence-electron chi connectivity index (χ3n) is 20.4. The van der Waals surface area contributed by atoms with Gasteiger partial charge in [-0.3, -0.25) is 0 Å². The topological polar surface area (TPSA) is 355 Å². The van der Waals surface area contributed by atoms with E-state index in [2.05, 4.69) is 27.7 Å². The second-order valence-corrected chi connectivity index (χ2v) is 24.3. The number of rotatable bonds is 12. The van der Waals surface area contributed by atoms with Crippen LogP contribution >= 0.6 is 0 Å². The molecule has 0 aromatic heterocycles. The van der Waals surface area contributed by atoms with E-state index in [1.54, 1.807) is 0 Å². The first-order valence-corrected chi connectivity index (χ1v) is 27.3. The highest BCUT2D eigenvalue weighted by Gasteiger charge is 2.69. The molecule has 6 heterocycles. The van der Waals surface area contributed by atoms with E-state index in [0.29, 0.717) is 54.3 Å². The van der Waals surface area contributed by atoms with Crippen LogP contribution in [0.5, 0.6) is 0 Å². The molecule has 23 heteroatoms. The minimum Gasteiger partial charge on any atom is -0.394 e. The van der Waals surface area contributed by atoms with Crippen LogP contribution < -0.4 is 0 Å². The molecule has 0 amide bonds. The van der Waals surface area contributed by atoms with Crippen LogP contribution in [-0.4, -0.2) is 240 Å². The van der Waals surface area contributed by atoms with Crippen LogP contribution in [-0.2, 0) is 47.4 Å². The van der Waals surface area contributed by atoms with E-state index in [1.807, 2.05) is 0 Å². The van der Waals surface area contributed by atoms with Crippen molar-refractivity contribution in [3.05, 3.63) is 0 Å². The molecular weight excluding hydrogens is 981 g/mol. The van der Waals surface area contributed by atoms with Crippen molar-refractivity contribution < 1.29 is 114 Å². The summed E-state index contributed by atoms with van der Waals surface area (Å²) in [7, 11) is 0. The fourth-order valence-electron chi connectivity index (χ4n) is 16.2. The van der Waals surface area contributed by atoms with Crippen LogP contribution in [0.2, 0.25) is 0 Å². The first-order chi connectivity index (χ1) is 35.2. The van der Waals surface area contributed by atoms with Crippen LogP contribution in [0.1, 0.15) is 91.9 Å². The molecular formula is C51H84O23. The molecule has 13 N–H and O–H groups in total. The Labute approximate surface area is 430 Å². The number of fused-ring (bicyclic) bond motifs is 7. The van der Waals surface area contributed by atoms with E-state index >= 15 is 0 Å². The van der Waals surface area contributed by atoms with Gasteiger partial charge in [0, 0.05) is 12.3 Å². The van der Waals surface area contributed by atoms with Crippen LogP contribution in [0.4, 0.5) is 0 Å². The summed E-state index contributed by atoms with van der Waals surface area (Å²) in [5, 5.41) is 140. The van der Waals surface area contributed by atoms with Crippen LogP contribution in [0.3, 0.4) is 0 Å². The standard InChI is InChI=1S/C51H84O23/c1-20-7-12-51(65-19-20)21(2)32-27(74-51)14-26-24-6-5-22-13-23(8-10-49(22,3)25(24)9-11-50(26,32)4)66-45-41(64)38(61)42(31(18-55)70-45)71-48-44(73-47-40(63)37(60)34(57)29(16-53)68-47)43(35(58)30(17-54)69-48)72-46-39(62)36(59)33(56)28(15-52)67-46/h20-48,52-64H,5-19H2,1-4H3/t20?,21?,22?,23?,24?,25?,26?,27?,28-,29-,30-,31-,32?,33-,34-,35-,36+,37+,38-,39-,40-,41-,42+,43+,44-,45-,46+,47+,48+,49?,50?,51?/m1/s1. The van der Waals surface area contributed by atoms with Crippen molar-refractivity contribution in [3.8, 4) is 0 Å². The van der Waals surface area contributed by atoms with Crippen molar-refractivity contribution in [2.24, 2.45) is 52.3 Å². The Morgan fingerprint density at radius 1 is 0.473 bits per heavy atom. The Bertz CT molecular complexity index is 1880. The Morgan fingerprint density at radius 3 is 1.62 bits per heavy atom. The molecule has 10 rings (SSSR count). The largest absolute Gasteiger partial charge is 0.394 e. The van der Waals surface area contributed by atoms with E-state index in [-0.39, 0.29) is 23.0 Å². The smallest absolute Gasteiger partial charge is 0.187 e. The second kappa shape index (κ2) is 21.9. The maximum atomic E-state index is 11.8. The lowest BCUT2D eigenvalue weighted by atomic mass is 9.44. The van der Waals surface area contributed by atoms with Crippen LogP contribution in [0.25, 0.3) is 0 Å². The summed E-state index contributed by atoms with van der Waals surface area (Å²) in [6.07, 6.45) is -25.9. The van der Waals surface area contributed by atoms with Gasteiger partial charge >= 0.3 is 0 Å². The van der Waals surface area contributed by atoms with Crippen molar-refractivity contribution in [1.29, 1.82) is 0 Å². The van der Waals surface area contributed by atoms with Gasteiger partial charge in [0.05, 0.1) is 45.2 Å². The molecule has 0 bridgehead atoms. The highest BCUT2D eigenvalue weighted by atomic mass is 16.8. The van der Waals surface area contributed by atoms with Gasteiger partial charge in [-0.2, -0.15) is 0 Å². The Kier molecular flexibility index (Phi) is 16.6. The molecule has 74 heavy (non-hydrogen) atoms. The summed E-state index contributed by atoms with van der Waals surface area (Å²) < 4.78 is 61.6. The molecule has 426 valence electrons. The van der Waals surface area contributed by atoms with E-state index in [9.17, 15) is 66.4 Å². The summed E-state index contributed by atoms with van der Waals surface area (Å²) in [5.74, 6) is 2.99. The van der Waals surface area contributed by atoms with Crippen LogP contribution in [0.15, 0.2) is 0 Å². The number of hydrogen-bond acceptors (Lipinski definition) is 23. The highest BCUT2D eigenvalue weighted by Crippen LogP contribution is 2.71. The molecule has 10 fully saturated rings. The van der Waals surface area contributed by atoms with Gasteiger partial charge in [0.25, 0.3) is 0 Å². The molecule has 32 atom stereocenters. The lowest BCUT2D eigenvalue weighted by molar-refractivity contribution is -0.406. The van der Waals surface area contributed by atoms with Gasteiger partial charge in [0.1, 0.15) is 97.7 Å². The number of aliphatic hydroxyl groups excluding tert-OH is 13. The van der Waals surface area contributed by atoms with Crippen molar-refractivity contribution in [1.82, 2.24) is 0 Å². The monoisotopic (exact) mass is 1060 g/mol. The SMILES string of the molecule is CC1CCC2(OC1)OC1CC3C4CCC5CC(O[C@@H]6O[C@H](CO)[C@H](O[C@@H]7O[C@H](CO)[C@@H](O)[C@H](O[C@@H]8O[C@H](CO)[C@@H](O)[C@H](O)[C@H]8O)[C@H]7O[C@@H]7O[C@H](CO)[C@@H](O)[C@H](O)[C@H]7O)[C@H](O)[C@H]6O)CCC5(C)C4CCC3(C)C1C2C. The Hall–Kier alpha value is -0.920. The molecule has 1 spiro atoms. The van der Waals surface area contributed by atoms with Crippen molar-refractivity contribution in [2.45, 2.75) is 233 Å². The molecule has 12 unspecified atom stereocenters. The quantitative estimate of drug-likeness (QED) is 0.0872. The summed E-state index contributed by atoms with van der Waals surface area (Å²) in [6.45, 7) is 6.96. The van der Waals surface area contributed by atoms with Crippen molar-refractivity contribution in [3.63, 3.8) is 0 Å². The summed E-state index contributed by atoms with van der Waals surface area (Å²) in [4.78, 5) is 0. The molecule has 4 saturated carbocycles. The molecule has 23 nitrogen and oxygen atoms in total. The minimum absolute atomic E-state index is 0.0782. The lowest BCUT2D eigenvalue weighted by Gasteiger charge is -2.61. The fourth-order valence-corrected chi connectivity index (χ4v) is 16.2. The lowest BCUT2D eigenvalue weighted by Crippen LogP contribution is -2.68. The maximum absolute atomic E-state index is 11.8. The Balaban J connectivity index is 0.820. The average molecular weight is 1070 g/mol. The number of aliphatic hydroxyl groups is 13. The van der Waals surface area contributed by atoms with Gasteiger partial charge in [0.2, 0.25) is 0 Å².